The summed E-state index contributed by atoms with van der Waals surface area (Å²) in [5.41, 5.74) is 0.933. The molecule has 0 heterocycles. The van der Waals surface area contributed by atoms with E-state index in [0.29, 0.717) is 27.6 Å². The van der Waals surface area contributed by atoms with E-state index >= 15 is 0 Å². The Labute approximate surface area is 172 Å². The van der Waals surface area contributed by atoms with Crippen molar-refractivity contribution in [3.8, 4) is 5.75 Å². The summed E-state index contributed by atoms with van der Waals surface area (Å²) >= 11 is 8.25. The maximum Gasteiger partial charge on any atom is 0.255 e. The van der Waals surface area contributed by atoms with Gasteiger partial charge in [0.15, 0.2) is 0 Å². The summed E-state index contributed by atoms with van der Waals surface area (Å²) in [6.45, 7) is 0.667. The Bertz CT molecular complexity index is 749. The van der Waals surface area contributed by atoms with E-state index in [1.54, 1.807) is 6.07 Å². The molecule has 6 rings (SSSR count). The Hall–Kier alpha value is -0.360. The van der Waals surface area contributed by atoms with Crippen LogP contribution < -0.4 is 4.74 Å². The third kappa shape index (κ3) is 2.99. The van der Waals surface area contributed by atoms with E-state index in [0.717, 1.165) is 36.2 Å². The Morgan fingerprint density at radius 2 is 1.92 bits per heavy atom. The highest BCUT2D eigenvalue weighted by Crippen LogP contribution is 2.62. The van der Waals surface area contributed by atoms with E-state index in [2.05, 4.69) is 22.6 Å². The molecule has 1 aromatic rings. The van der Waals surface area contributed by atoms with Crippen molar-refractivity contribution in [1.29, 1.82) is 0 Å². The minimum absolute atomic E-state index is 0.0269. The van der Waals surface area contributed by atoms with Crippen LogP contribution in [-0.4, -0.2) is 15.3 Å². The van der Waals surface area contributed by atoms with E-state index in [1.807, 2.05) is 0 Å². The van der Waals surface area contributed by atoms with Crippen LogP contribution in [0.15, 0.2) is 12.1 Å². The molecule has 0 saturated heterocycles. The van der Waals surface area contributed by atoms with Crippen LogP contribution in [0.5, 0.6) is 5.75 Å². The molecule has 4 bridgehead atoms. The second-order valence-corrected chi connectivity index (χ2v) is 11.5. The minimum atomic E-state index is -0.733. The van der Waals surface area contributed by atoms with Crippen LogP contribution in [0, 0.1) is 29.5 Å². The Morgan fingerprint density at radius 1 is 1.23 bits per heavy atom. The molecule has 5 aliphatic carbocycles. The first-order valence-electron chi connectivity index (χ1n) is 9.78. The molecule has 5 fully saturated rings. The molecule has 5 saturated carbocycles. The highest BCUT2D eigenvalue weighted by molar-refractivity contribution is 14.1. The minimum Gasteiger partial charge on any atom is -0.493 e. The van der Waals surface area contributed by atoms with Crippen LogP contribution in [0.2, 0.25) is 0 Å². The van der Waals surface area contributed by atoms with Crippen LogP contribution in [0.25, 0.3) is 0 Å². The van der Waals surface area contributed by atoms with Gasteiger partial charge in [-0.15, -0.1) is 0 Å². The van der Waals surface area contributed by atoms with Crippen LogP contribution in [0.1, 0.15) is 66.8 Å². The van der Waals surface area contributed by atoms with Crippen molar-refractivity contribution >= 4 is 39.4 Å². The van der Waals surface area contributed by atoms with Gasteiger partial charge < -0.3 is 4.74 Å². The molecule has 3 atom stereocenters. The maximum atomic E-state index is 14.3. The molecule has 26 heavy (non-hydrogen) atoms. The lowest BCUT2D eigenvalue weighted by Crippen LogP contribution is -2.55. The van der Waals surface area contributed by atoms with Gasteiger partial charge in [0.25, 0.3) is 5.24 Å². The second-order valence-electron chi connectivity index (χ2n) is 8.98. The molecule has 2 nitrogen and oxygen atoms in total. The molecular formula is C21H23ClFIO2. The molecule has 1 aromatic carbocycles. The zero-order valence-corrected chi connectivity index (χ0v) is 17.6. The summed E-state index contributed by atoms with van der Waals surface area (Å²) < 4.78 is 20.9. The average Bonchev–Trinajstić information content (AvgIpc) is 3.37. The smallest absolute Gasteiger partial charge is 0.255 e. The lowest BCUT2D eigenvalue weighted by molar-refractivity contribution is -0.0268. The molecule has 0 N–H and O–H groups in total. The van der Waals surface area contributed by atoms with E-state index in [9.17, 15) is 9.18 Å². The van der Waals surface area contributed by atoms with Gasteiger partial charge in [-0.05, 0) is 91.8 Å². The molecule has 5 heteroatoms. The van der Waals surface area contributed by atoms with E-state index in [1.165, 1.54) is 38.2 Å². The SMILES string of the molecule is O=C(Cl)c1cc(C2CC2)c(OCC2C3CC4CC(C3)CC2(I)C4)cc1F. The van der Waals surface area contributed by atoms with Crippen molar-refractivity contribution in [2.75, 3.05) is 6.61 Å². The van der Waals surface area contributed by atoms with Gasteiger partial charge in [0.05, 0.1) is 12.2 Å². The van der Waals surface area contributed by atoms with Gasteiger partial charge >= 0.3 is 0 Å². The van der Waals surface area contributed by atoms with Gasteiger partial charge in [-0.2, -0.15) is 0 Å². The molecule has 0 spiro atoms. The number of halogens is 3. The zero-order chi connectivity index (χ0) is 18.1. The molecule has 0 aliphatic heterocycles. The van der Waals surface area contributed by atoms with Gasteiger partial charge in [-0.3, -0.25) is 4.79 Å². The highest BCUT2D eigenvalue weighted by atomic mass is 127. The van der Waals surface area contributed by atoms with E-state index in [4.69, 9.17) is 16.3 Å². The number of benzene rings is 1. The van der Waals surface area contributed by atoms with Crippen LogP contribution in [-0.2, 0) is 0 Å². The number of hydrogen-bond acceptors (Lipinski definition) is 2. The molecule has 0 amide bonds. The van der Waals surface area contributed by atoms with E-state index < -0.39 is 11.1 Å². The standard InChI is InChI=1S/C21H23ClFIO2/c22-20(25)16-6-15(13-1-2-13)19(7-18(16)23)26-10-17-14-4-11-3-12(5-14)9-21(17,24)8-11/h6-7,11-14,17H,1-5,8-10H2. The fourth-order valence-electron chi connectivity index (χ4n) is 6.07. The van der Waals surface area contributed by atoms with Crippen LogP contribution in [0.4, 0.5) is 4.39 Å². The number of alkyl halides is 1. The third-order valence-corrected chi connectivity index (χ3v) is 9.06. The molecule has 0 radical (unpaired) electrons. The monoisotopic (exact) mass is 488 g/mol. The van der Waals surface area contributed by atoms with Crippen molar-refractivity contribution < 1.29 is 13.9 Å². The summed E-state index contributed by atoms with van der Waals surface area (Å²) in [4.78, 5) is 11.5. The molecule has 3 unspecified atom stereocenters. The Morgan fingerprint density at radius 3 is 2.50 bits per heavy atom. The quantitative estimate of drug-likeness (QED) is 0.285. The zero-order valence-electron chi connectivity index (χ0n) is 14.6. The lowest BCUT2D eigenvalue weighted by atomic mass is 9.52. The summed E-state index contributed by atoms with van der Waals surface area (Å²) in [5.74, 6) is 3.58. The predicted octanol–water partition coefficient (Wildman–Crippen LogP) is 6.09. The number of carbonyl (C=O) groups is 1. The number of carbonyl (C=O) groups excluding carboxylic acids is 1. The summed E-state index contributed by atoms with van der Waals surface area (Å²) in [6.07, 6.45) is 8.90. The second kappa shape index (κ2) is 6.33. The van der Waals surface area contributed by atoms with Crippen molar-refractivity contribution in [1.82, 2.24) is 0 Å². The molecule has 0 aromatic heterocycles. The van der Waals surface area contributed by atoms with Crippen LogP contribution >= 0.6 is 34.2 Å². The summed E-state index contributed by atoms with van der Waals surface area (Å²) in [6, 6.07) is 3.01. The van der Waals surface area contributed by atoms with Gasteiger partial charge in [-0.25, -0.2) is 4.39 Å². The normalized spacial score (nSPS) is 37.8. The van der Waals surface area contributed by atoms with Gasteiger partial charge in [0, 0.05) is 15.4 Å². The van der Waals surface area contributed by atoms with Gasteiger partial charge in [-0.1, -0.05) is 22.6 Å². The average molecular weight is 489 g/mol. The number of ether oxygens (including phenoxy) is 1. The molecule has 5 aliphatic rings. The molecular weight excluding hydrogens is 466 g/mol. The lowest BCUT2D eigenvalue weighted by Gasteiger charge is -2.58. The maximum absolute atomic E-state index is 14.3. The number of rotatable bonds is 5. The summed E-state index contributed by atoms with van der Waals surface area (Å²) in [7, 11) is 0. The first kappa shape index (κ1) is 17.7. The third-order valence-electron chi connectivity index (χ3n) is 7.18. The van der Waals surface area contributed by atoms with Crippen molar-refractivity contribution in [2.45, 2.75) is 54.3 Å². The first-order valence-corrected chi connectivity index (χ1v) is 11.2. The largest absolute Gasteiger partial charge is 0.493 e. The topological polar surface area (TPSA) is 26.3 Å². The van der Waals surface area contributed by atoms with E-state index in [-0.39, 0.29) is 5.56 Å². The van der Waals surface area contributed by atoms with Crippen molar-refractivity contribution in [2.24, 2.45) is 23.7 Å². The predicted molar refractivity (Wildman–Crippen MR) is 108 cm³/mol. The summed E-state index contributed by atoms with van der Waals surface area (Å²) in [5, 5.41) is -0.733. The van der Waals surface area contributed by atoms with Gasteiger partial charge in [0.1, 0.15) is 11.6 Å². The fraction of sp³-hybridized carbons (Fsp3) is 0.667. The molecule has 140 valence electrons. The van der Waals surface area contributed by atoms with Crippen LogP contribution in [0.3, 0.4) is 0 Å². The van der Waals surface area contributed by atoms with Crippen molar-refractivity contribution in [3.05, 3.63) is 29.1 Å². The van der Waals surface area contributed by atoms with Gasteiger partial charge in [0.2, 0.25) is 0 Å². The Kier molecular flexibility index (Phi) is 4.31. The highest BCUT2D eigenvalue weighted by Gasteiger charge is 2.56. The number of hydrogen-bond donors (Lipinski definition) is 0. The fourth-order valence-corrected chi connectivity index (χ4v) is 8.15. The van der Waals surface area contributed by atoms with Crippen molar-refractivity contribution in [3.63, 3.8) is 0 Å². The first-order chi connectivity index (χ1) is 12.4. The Balaban J connectivity index is 1.38.